The first kappa shape index (κ1) is 14.8. The molecule has 0 saturated carbocycles. The Hall–Kier alpha value is -2.17. The molecular weight excluding hydrogens is 296 g/mol. The number of nitrogens with zero attached hydrogens (tertiary/aromatic N) is 3. The zero-order chi connectivity index (χ0) is 15.4. The van der Waals surface area contributed by atoms with Crippen molar-refractivity contribution in [2.75, 3.05) is 0 Å². The summed E-state index contributed by atoms with van der Waals surface area (Å²) in [5.74, 6) is 0. The minimum atomic E-state index is 0.195. The molecule has 4 nitrogen and oxygen atoms in total. The van der Waals surface area contributed by atoms with Crippen molar-refractivity contribution in [3.05, 3.63) is 77.3 Å². The van der Waals surface area contributed by atoms with E-state index in [2.05, 4.69) is 22.3 Å². The fraction of sp³-hybridized carbons (Fsp3) is 0.176. The Morgan fingerprint density at radius 1 is 1.18 bits per heavy atom. The van der Waals surface area contributed by atoms with Crippen molar-refractivity contribution in [2.45, 2.75) is 19.5 Å². The van der Waals surface area contributed by atoms with E-state index in [9.17, 15) is 0 Å². The summed E-state index contributed by atoms with van der Waals surface area (Å²) in [6.07, 6.45) is 5.69. The second kappa shape index (κ2) is 6.73. The van der Waals surface area contributed by atoms with Gasteiger partial charge in [-0.2, -0.15) is 5.10 Å². The van der Waals surface area contributed by atoms with Crippen LogP contribution in [-0.2, 0) is 6.54 Å². The summed E-state index contributed by atoms with van der Waals surface area (Å²) in [5.41, 5.74) is 3.15. The molecule has 1 N–H and O–H groups in total. The number of pyridine rings is 1. The highest BCUT2D eigenvalue weighted by Crippen LogP contribution is 2.14. The summed E-state index contributed by atoms with van der Waals surface area (Å²) in [6.45, 7) is 2.84. The van der Waals surface area contributed by atoms with Gasteiger partial charge in [-0.25, -0.2) is 4.68 Å². The number of aromatic nitrogens is 3. The molecule has 0 radical (unpaired) electrons. The van der Waals surface area contributed by atoms with Crippen molar-refractivity contribution in [3.8, 4) is 5.69 Å². The van der Waals surface area contributed by atoms with Crippen LogP contribution in [-0.4, -0.2) is 14.8 Å². The quantitative estimate of drug-likeness (QED) is 0.780. The van der Waals surface area contributed by atoms with Gasteiger partial charge >= 0.3 is 0 Å². The Balaban J connectivity index is 1.63. The Labute approximate surface area is 134 Å². The minimum Gasteiger partial charge on any atom is -0.305 e. The summed E-state index contributed by atoms with van der Waals surface area (Å²) in [7, 11) is 0. The molecule has 0 aliphatic rings. The maximum absolute atomic E-state index is 5.90. The van der Waals surface area contributed by atoms with Gasteiger partial charge in [0, 0.05) is 35.6 Å². The van der Waals surface area contributed by atoms with E-state index < -0.39 is 0 Å². The Bertz CT molecular complexity index is 722. The molecule has 0 fully saturated rings. The number of nitrogens with one attached hydrogen (secondary N) is 1. The molecule has 112 valence electrons. The van der Waals surface area contributed by atoms with E-state index in [1.54, 1.807) is 0 Å². The van der Waals surface area contributed by atoms with Crippen LogP contribution >= 0.6 is 11.6 Å². The van der Waals surface area contributed by atoms with Gasteiger partial charge in [-0.15, -0.1) is 0 Å². The molecule has 3 rings (SSSR count). The van der Waals surface area contributed by atoms with Gasteiger partial charge in [0.25, 0.3) is 0 Å². The molecule has 0 amide bonds. The summed E-state index contributed by atoms with van der Waals surface area (Å²) >= 11 is 5.90. The Kier molecular flexibility index (Phi) is 4.51. The van der Waals surface area contributed by atoms with Gasteiger partial charge in [0.15, 0.2) is 0 Å². The van der Waals surface area contributed by atoms with Crippen molar-refractivity contribution in [1.82, 2.24) is 20.1 Å². The van der Waals surface area contributed by atoms with Crippen molar-refractivity contribution in [2.24, 2.45) is 0 Å². The van der Waals surface area contributed by atoms with Crippen LogP contribution in [0.4, 0.5) is 0 Å². The molecule has 3 aromatic rings. The first-order valence-electron chi connectivity index (χ1n) is 7.16. The molecule has 5 heteroatoms. The van der Waals surface area contributed by atoms with Crippen LogP contribution in [0.5, 0.6) is 0 Å². The lowest BCUT2D eigenvalue weighted by molar-refractivity contribution is 0.561. The van der Waals surface area contributed by atoms with E-state index in [0.717, 1.165) is 28.5 Å². The predicted octanol–water partition coefficient (Wildman–Crippen LogP) is 3.77. The van der Waals surface area contributed by atoms with E-state index >= 15 is 0 Å². The SMILES string of the molecule is C[C@@H](NCc1cnn(-c2ccc(Cl)cc2)c1)c1ccccn1. The topological polar surface area (TPSA) is 42.7 Å². The van der Waals surface area contributed by atoms with Gasteiger partial charge in [-0.05, 0) is 43.3 Å². The second-order valence-corrected chi connectivity index (χ2v) is 5.56. The molecule has 2 aromatic heterocycles. The summed E-state index contributed by atoms with van der Waals surface area (Å²) < 4.78 is 1.85. The van der Waals surface area contributed by atoms with Crippen LogP contribution in [0, 0.1) is 0 Å². The van der Waals surface area contributed by atoms with Crippen LogP contribution < -0.4 is 5.32 Å². The molecule has 0 aliphatic heterocycles. The van der Waals surface area contributed by atoms with Crippen molar-refractivity contribution in [3.63, 3.8) is 0 Å². The molecular formula is C17H17ClN4. The average molecular weight is 313 g/mol. The zero-order valence-corrected chi connectivity index (χ0v) is 13.0. The number of hydrogen-bond acceptors (Lipinski definition) is 3. The molecule has 0 saturated heterocycles. The monoisotopic (exact) mass is 312 g/mol. The largest absolute Gasteiger partial charge is 0.305 e. The molecule has 2 heterocycles. The van der Waals surface area contributed by atoms with Crippen LogP contribution in [0.1, 0.15) is 24.2 Å². The summed E-state index contributed by atoms with van der Waals surface area (Å²) in [6, 6.07) is 13.8. The maximum Gasteiger partial charge on any atom is 0.0646 e. The molecule has 0 unspecified atom stereocenters. The van der Waals surface area contributed by atoms with Gasteiger partial charge in [-0.3, -0.25) is 4.98 Å². The van der Waals surface area contributed by atoms with Crippen LogP contribution in [0.2, 0.25) is 5.02 Å². The van der Waals surface area contributed by atoms with E-state index in [1.165, 1.54) is 0 Å². The van der Waals surface area contributed by atoms with Gasteiger partial charge in [0.2, 0.25) is 0 Å². The second-order valence-electron chi connectivity index (χ2n) is 5.13. The standard InChI is InChI=1S/C17H17ClN4/c1-13(17-4-2-3-9-19-17)20-10-14-11-21-22(12-14)16-7-5-15(18)6-8-16/h2-9,11-13,20H,10H2,1H3/t13-/m1/s1. The predicted molar refractivity (Wildman–Crippen MR) is 88.1 cm³/mol. The fourth-order valence-electron chi connectivity index (χ4n) is 2.19. The van der Waals surface area contributed by atoms with Gasteiger partial charge in [0.05, 0.1) is 17.6 Å². The number of rotatable bonds is 5. The molecule has 0 bridgehead atoms. The lowest BCUT2D eigenvalue weighted by Crippen LogP contribution is -2.18. The van der Waals surface area contributed by atoms with Crippen LogP contribution in [0.25, 0.3) is 5.69 Å². The van der Waals surface area contributed by atoms with Crippen LogP contribution in [0.3, 0.4) is 0 Å². The Morgan fingerprint density at radius 3 is 2.73 bits per heavy atom. The van der Waals surface area contributed by atoms with Crippen molar-refractivity contribution in [1.29, 1.82) is 0 Å². The molecule has 0 spiro atoms. The van der Waals surface area contributed by atoms with Crippen molar-refractivity contribution < 1.29 is 0 Å². The minimum absolute atomic E-state index is 0.195. The third-order valence-electron chi connectivity index (χ3n) is 3.47. The number of halogens is 1. The lowest BCUT2D eigenvalue weighted by atomic mass is 10.2. The van der Waals surface area contributed by atoms with E-state index in [-0.39, 0.29) is 6.04 Å². The lowest BCUT2D eigenvalue weighted by Gasteiger charge is -2.12. The fourth-order valence-corrected chi connectivity index (χ4v) is 2.32. The first-order valence-corrected chi connectivity index (χ1v) is 7.54. The molecule has 1 atom stereocenters. The smallest absolute Gasteiger partial charge is 0.0646 e. The Morgan fingerprint density at radius 2 is 2.00 bits per heavy atom. The van der Waals surface area contributed by atoms with Gasteiger partial charge < -0.3 is 5.32 Å². The van der Waals surface area contributed by atoms with Gasteiger partial charge in [-0.1, -0.05) is 17.7 Å². The molecule has 0 aliphatic carbocycles. The average Bonchev–Trinajstić information content (AvgIpc) is 3.03. The first-order chi connectivity index (χ1) is 10.7. The number of benzene rings is 1. The third kappa shape index (κ3) is 3.53. The van der Waals surface area contributed by atoms with Crippen LogP contribution in [0.15, 0.2) is 61.1 Å². The molecule has 22 heavy (non-hydrogen) atoms. The van der Waals surface area contributed by atoms with Gasteiger partial charge in [0.1, 0.15) is 0 Å². The maximum atomic E-state index is 5.90. The van der Waals surface area contributed by atoms with E-state index in [1.807, 2.05) is 65.7 Å². The highest BCUT2D eigenvalue weighted by molar-refractivity contribution is 6.30. The van der Waals surface area contributed by atoms with E-state index in [0.29, 0.717) is 0 Å². The summed E-state index contributed by atoms with van der Waals surface area (Å²) in [4.78, 5) is 4.36. The molecule has 1 aromatic carbocycles. The normalized spacial score (nSPS) is 12.3. The van der Waals surface area contributed by atoms with Crippen molar-refractivity contribution >= 4 is 11.6 Å². The number of hydrogen-bond donors (Lipinski definition) is 1. The third-order valence-corrected chi connectivity index (χ3v) is 3.72. The zero-order valence-electron chi connectivity index (χ0n) is 12.3. The highest BCUT2D eigenvalue weighted by Gasteiger charge is 2.07. The highest BCUT2D eigenvalue weighted by atomic mass is 35.5. The van der Waals surface area contributed by atoms with E-state index in [4.69, 9.17) is 11.6 Å². The summed E-state index contributed by atoms with van der Waals surface area (Å²) in [5, 5.41) is 8.56.